The number of benzene rings is 1. The van der Waals surface area contributed by atoms with E-state index in [1.165, 1.54) is 37.5 Å². The topological polar surface area (TPSA) is 78.5 Å². The maximum Gasteiger partial charge on any atom is 0.338 e. The number of hydrogen-bond donors (Lipinski definition) is 1. The van der Waals surface area contributed by atoms with Gasteiger partial charge in [-0.25, -0.2) is 4.79 Å². The van der Waals surface area contributed by atoms with Gasteiger partial charge in [0.25, 0.3) is 0 Å². The first-order valence-electron chi connectivity index (χ1n) is 9.20. The van der Waals surface area contributed by atoms with Gasteiger partial charge in [-0.1, -0.05) is 32.0 Å². The van der Waals surface area contributed by atoms with E-state index in [4.69, 9.17) is 4.74 Å². The van der Waals surface area contributed by atoms with Crippen molar-refractivity contribution in [1.82, 2.24) is 5.32 Å². The van der Waals surface area contributed by atoms with E-state index in [0.717, 1.165) is 0 Å². The molecule has 1 saturated heterocycles. The summed E-state index contributed by atoms with van der Waals surface area (Å²) < 4.78 is 4.95. The summed E-state index contributed by atoms with van der Waals surface area (Å²) in [4.78, 5) is 22.3. The van der Waals surface area contributed by atoms with Crippen molar-refractivity contribution in [1.29, 1.82) is 0 Å². The third-order valence-electron chi connectivity index (χ3n) is 4.19. The highest BCUT2D eigenvalue weighted by atomic mass is 16.5. The van der Waals surface area contributed by atoms with Crippen LogP contribution in [-0.2, 0) is 4.74 Å². The number of carbonyl (C=O) groups excluding carboxylic acids is 2. The summed E-state index contributed by atoms with van der Waals surface area (Å²) in [6.45, 7) is 13.2. The van der Waals surface area contributed by atoms with E-state index in [1.54, 1.807) is 6.07 Å². The average Bonchev–Trinajstić information content (AvgIpc) is 2.50. The van der Waals surface area contributed by atoms with Crippen LogP contribution in [0.2, 0.25) is 0 Å². The first-order valence-corrected chi connectivity index (χ1v) is 9.20. The number of esters is 1. The molecule has 0 aromatic heterocycles. The summed E-state index contributed by atoms with van der Waals surface area (Å²) in [5, 5.41) is 14.4. The van der Waals surface area contributed by atoms with Crippen molar-refractivity contribution in [3.63, 3.8) is 0 Å². The predicted octanol–water partition coefficient (Wildman–Crippen LogP) is 3.18. The second-order valence-corrected chi connectivity index (χ2v) is 8.57. The second kappa shape index (κ2) is 9.17. The molecule has 0 aliphatic carbocycles. The lowest BCUT2D eigenvalue weighted by molar-refractivity contribution is -0.255. The predicted molar refractivity (Wildman–Crippen MR) is 101 cm³/mol. The van der Waals surface area contributed by atoms with E-state index in [2.05, 4.69) is 33.0 Å². The number of carboxylic acid groups (broad SMARTS) is 1. The molecule has 1 N–H and O–H groups in total. The Morgan fingerprint density at radius 1 is 1.08 bits per heavy atom. The molecule has 1 aliphatic rings. The van der Waals surface area contributed by atoms with Gasteiger partial charge in [0.2, 0.25) is 0 Å². The largest absolute Gasteiger partial charge is 0.545 e. The molecule has 1 aromatic rings. The molecule has 0 amide bonds. The Bertz CT molecular complexity index is 606. The molecule has 1 aliphatic heterocycles. The number of ether oxygens (including phenoxy) is 1. The van der Waals surface area contributed by atoms with Crippen LogP contribution in [0.4, 0.5) is 0 Å². The van der Waals surface area contributed by atoms with Gasteiger partial charge in [-0.3, -0.25) is 0 Å². The maximum atomic E-state index is 11.6. The number of aromatic carboxylic acids is 1. The molecule has 5 heteroatoms. The van der Waals surface area contributed by atoms with Gasteiger partial charge in [0.15, 0.2) is 0 Å². The molecule has 1 aromatic carbocycles. The fourth-order valence-electron chi connectivity index (χ4n) is 3.17. The first kappa shape index (κ1) is 22.2. The Labute approximate surface area is 157 Å². The molecular formula is C21H32NO4-. The lowest BCUT2D eigenvalue weighted by atomic mass is 9.83. The standard InChI is InChI=1S/C12H14O4.C9H19N/c1-8(2)7-16-12(15)10-6-4-3-5-9(10)11(13)14;1-8(2)6-5-7-9(3,4)10-8/h3-6,8H,7H2,1-2H3,(H,13,14);10H,5-7H2,1-4H3/p-1. The molecule has 26 heavy (non-hydrogen) atoms. The molecular weight excluding hydrogens is 330 g/mol. The molecule has 0 spiro atoms. The summed E-state index contributed by atoms with van der Waals surface area (Å²) >= 11 is 0. The van der Waals surface area contributed by atoms with Gasteiger partial charge in [-0.15, -0.1) is 0 Å². The molecule has 0 bridgehead atoms. The van der Waals surface area contributed by atoms with Crippen molar-refractivity contribution >= 4 is 11.9 Å². The van der Waals surface area contributed by atoms with E-state index in [0.29, 0.717) is 11.1 Å². The van der Waals surface area contributed by atoms with Crippen molar-refractivity contribution in [2.75, 3.05) is 6.61 Å². The highest BCUT2D eigenvalue weighted by Crippen LogP contribution is 2.27. The van der Waals surface area contributed by atoms with Gasteiger partial charge in [-0.2, -0.15) is 0 Å². The van der Waals surface area contributed by atoms with E-state index in [9.17, 15) is 14.7 Å². The summed E-state index contributed by atoms with van der Waals surface area (Å²) in [7, 11) is 0. The Morgan fingerprint density at radius 2 is 1.58 bits per heavy atom. The first-order chi connectivity index (χ1) is 11.9. The molecule has 2 rings (SSSR count). The minimum Gasteiger partial charge on any atom is -0.545 e. The smallest absolute Gasteiger partial charge is 0.338 e. The monoisotopic (exact) mass is 362 g/mol. The van der Waals surface area contributed by atoms with Crippen LogP contribution in [0.15, 0.2) is 24.3 Å². The van der Waals surface area contributed by atoms with Crippen molar-refractivity contribution in [2.24, 2.45) is 5.92 Å². The van der Waals surface area contributed by atoms with Gasteiger partial charge in [0.05, 0.1) is 18.1 Å². The van der Waals surface area contributed by atoms with Crippen LogP contribution in [0.3, 0.4) is 0 Å². The van der Waals surface area contributed by atoms with E-state index < -0.39 is 11.9 Å². The van der Waals surface area contributed by atoms with Crippen molar-refractivity contribution in [3.8, 4) is 0 Å². The van der Waals surface area contributed by atoms with Crippen LogP contribution in [0.25, 0.3) is 0 Å². The van der Waals surface area contributed by atoms with Crippen LogP contribution >= 0.6 is 0 Å². The normalized spacial score (nSPS) is 17.8. The average molecular weight is 362 g/mol. The number of carboxylic acids is 1. The van der Waals surface area contributed by atoms with E-state index in [1.807, 2.05) is 13.8 Å². The Kier molecular flexibility index (Phi) is 7.82. The van der Waals surface area contributed by atoms with Gasteiger partial charge < -0.3 is 20.0 Å². The number of rotatable bonds is 4. The molecule has 0 unspecified atom stereocenters. The van der Waals surface area contributed by atoms with Crippen LogP contribution < -0.4 is 10.4 Å². The molecule has 0 atom stereocenters. The van der Waals surface area contributed by atoms with E-state index in [-0.39, 0.29) is 23.7 Å². The number of nitrogens with one attached hydrogen (secondary N) is 1. The van der Waals surface area contributed by atoms with Crippen molar-refractivity contribution in [3.05, 3.63) is 35.4 Å². The van der Waals surface area contributed by atoms with Crippen molar-refractivity contribution < 1.29 is 19.4 Å². The Morgan fingerprint density at radius 3 is 1.96 bits per heavy atom. The molecule has 0 radical (unpaired) electrons. The van der Waals surface area contributed by atoms with Gasteiger partial charge in [0.1, 0.15) is 0 Å². The number of carbonyl (C=O) groups is 2. The Balaban J connectivity index is 0.000000289. The lowest BCUT2D eigenvalue weighted by Gasteiger charge is -2.42. The van der Waals surface area contributed by atoms with Crippen LogP contribution in [0.1, 0.15) is 81.5 Å². The minimum atomic E-state index is -1.38. The lowest BCUT2D eigenvalue weighted by Crippen LogP contribution is -2.55. The van der Waals surface area contributed by atoms with Crippen LogP contribution in [-0.4, -0.2) is 29.6 Å². The molecule has 5 nitrogen and oxygen atoms in total. The zero-order valence-corrected chi connectivity index (χ0v) is 16.8. The van der Waals surface area contributed by atoms with Crippen LogP contribution in [0, 0.1) is 5.92 Å². The SMILES string of the molecule is CC(C)COC(=O)c1ccccc1C(=O)[O-].CC1(C)CCCC(C)(C)N1. The van der Waals surface area contributed by atoms with Gasteiger partial charge >= 0.3 is 5.97 Å². The van der Waals surface area contributed by atoms with Gasteiger partial charge in [0, 0.05) is 16.6 Å². The number of piperidine rings is 1. The highest BCUT2D eigenvalue weighted by molar-refractivity contribution is 6.01. The summed E-state index contributed by atoms with van der Waals surface area (Å²) in [5.41, 5.74) is 0.614. The Hall–Kier alpha value is -1.88. The summed E-state index contributed by atoms with van der Waals surface area (Å²) in [6, 6.07) is 5.85. The highest BCUT2D eigenvalue weighted by Gasteiger charge is 2.31. The molecule has 146 valence electrons. The zero-order chi connectivity index (χ0) is 20.0. The fraction of sp³-hybridized carbons (Fsp3) is 0.619. The third kappa shape index (κ3) is 7.56. The zero-order valence-electron chi connectivity index (χ0n) is 16.8. The molecule has 1 fully saturated rings. The molecule has 0 saturated carbocycles. The fourth-order valence-corrected chi connectivity index (χ4v) is 3.17. The third-order valence-corrected chi connectivity index (χ3v) is 4.19. The molecule has 1 heterocycles. The quantitative estimate of drug-likeness (QED) is 0.832. The second-order valence-electron chi connectivity index (χ2n) is 8.57. The maximum absolute atomic E-state index is 11.6. The van der Waals surface area contributed by atoms with Crippen LogP contribution in [0.5, 0.6) is 0 Å². The van der Waals surface area contributed by atoms with Crippen molar-refractivity contribution in [2.45, 2.75) is 71.9 Å². The van der Waals surface area contributed by atoms with Gasteiger partial charge in [-0.05, 0) is 58.9 Å². The summed E-state index contributed by atoms with van der Waals surface area (Å²) in [6.07, 6.45) is 4.00. The minimum absolute atomic E-state index is 0.0307. The summed E-state index contributed by atoms with van der Waals surface area (Å²) in [5.74, 6) is -1.80. The number of hydrogen-bond acceptors (Lipinski definition) is 5. The van der Waals surface area contributed by atoms with E-state index >= 15 is 0 Å².